The third-order valence-corrected chi connectivity index (χ3v) is 4.59. The maximum atomic E-state index is 13.3. The van der Waals surface area contributed by atoms with E-state index in [1.165, 1.54) is 11.2 Å². The zero-order valence-electron chi connectivity index (χ0n) is 17.8. The summed E-state index contributed by atoms with van der Waals surface area (Å²) in [4.78, 5) is 42.6. The molecule has 0 saturated heterocycles. The maximum absolute atomic E-state index is 13.3. The molecule has 0 spiro atoms. The lowest BCUT2D eigenvalue weighted by molar-refractivity contribution is 0.0519. The van der Waals surface area contributed by atoms with Gasteiger partial charge in [-0.15, -0.1) is 0 Å². The van der Waals surface area contributed by atoms with Gasteiger partial charge in [0, 0.05) is 17.3 Å². The molecule has 0 radical (unpaired) electrons. The van der Waals surface area contributed by atoms with Crippen molar-refractivity contribution in [1.82, 2.24) is 15.2 Å². The molecule has 158 valence electrons. The number of esters is 1. The highest BCUT2D eigenvalue weighted by Crippen LogP contribution is 2.23. The highest BCUT2D eigenvalue weighted by atomic mass is 16.5. The number of carbonyl (C=O) groups excluding carboxylic acids is 3. The minimum atomic E-state index is -0.776. The van der Waals surface area contributed by atoms with Crippen molar-refractivity contribution in [2.45, 2.75) is 60.2 Å². The number of carbonyl (C=O) groups is 3. The normalized spacial score (nSPS) is 12.0. The van der Waals surface area contributed by atoms with Gasteiger partial charge < -0.3 is 24.4 Å². The average molecular weight is 403 g/mol. The molecular formula is C21H29N3O5. The first-order valence-electron chi connectivity index (χ1n) is 9.67. The number of urea groups is 1. The van der Waals surface area contributed by atoms with Gasteiger partial charge in [-0.25, -0.2) is 9.59 Å². The van der Waals surface area contributed by atoms with Crippen molar-refractivity contribution in [3.05, 3.63) is 46.7 Å². The number of ketones is 1. The monoisotopic (exact) mass is 403 g/mol. The smallest absolute Gasteiger partial charge is 0.355 e. The number of amides is 2. The minimum absolute atomic E-state index is 0.0879. The van der Waals surface area contributed by atoms with Crippen molar-refractivity contribution < 1.29 is 23.5 Å². The van der Waals surface area contributed by atoms with E-state index in [1.54, 1.807) is 39.8 Å². The molecule has 0 fully saturated rings. The summed E-state index contributed by atoms with van der Waals surface area (Å²) in [6, 6.07) is 2.25. The van der Waals surface area contributed by atoms with Gasteiger partial charge in [-0.05, 0) is 59.2 Å². The molecule has 2 amide bonds. The Bertz CT molecular complexity index is 867. The Morgan fingerprint density at radius 2 is 1.93 bits per heavy atom. The Morgan fingerprint density at radius 3 is 2.48 bits per heavy atom. The van der Waals surface area contributed by atoms with E-state index in [9.17, 15) is 14.4 Å². The Hall–Kier alpha value is -3.03. The third kappa shape index (κ3) is 5.07. The second-order valence-corrected chi connectivity index (χ2v) is 7.20. The van der Waals surface area contributed by atoms with E-state index < -0.39 is 12.0 Å². The molecule has 29 heavy (non-hydrogen) atoms. The van der Waals surface area contributed by atoms with Crippen LogP contribution in [0, 0.1) is 13.8 Å². The number of hydrogen-bond donors (Lipinski definition) is 2. The number of nitrogens with one attached hydrogen (secondary N) is 2. The first-order chi connectivity index (χ1) is 13.7. The zero-order valence-corrected chi connectivity index (χ0v) is 17.8. The zero-order chi connectivity index (χ0) is 21.7. The van der Waals surface area contributed by atoms with Crippen LogP contribution in [0.1, 0.15) is 65.6 Å². The summed E-state index contributed by atoms with van der Waals surface area (Å²) in [6.07, 6.45) is 1.52. The van der Waals surface area contributed by atoms with E-state index in [1.807, 2.05) is 13.8 Å². The number of rotatable bonds is 8. The lowest BCUT2D eigenvalue weighted by Crippen LogP contribution is -2.49. The van der Waals surface area contributed by atoms with Gasteiger partial charge in [-0.1, -0.05) is 0 Å². The lowest BCUT2D eigenvalue weighted by atomic mass is 10.00. The van der Waals surface area contributed by atoms with Crippen molar-refractivity contribution in [2.75, 3.05) is 6.61 Å². The van der Waals surface area contributed by atoms with Crippen LogP contribution in [0.3, 0.4) is 0 Å². The van der Waals surface area contributed by atoms with Crippen molar-refractivity contribution in [3.8, 4) is 0 Å². The summed E-state index contributed by atoms with van der Waals surface area (Å²) in [5, 5.41) is 2.82. The fraction of sp³-hybridized carbons (Fsp3) is 0.476. The molecule has 2 rings (SSSR count). The van der Waals surface area contributed by atoms with Gasteiger partial charge in [0.1, 0.15) is 11.5 Å². The number of aromatic amines is 1. The molecular weight excluding hydrogens is 374 g/mol. The third-order valence-electron chi connectivity index (χ3n) is 4.59. The summed E-state index contributed by atoms with van der Waals surface area (Å²) < 4.78 is 10.4. The predicted octanol–water partition coefficient (Wildman–Crippen LogP) is 3.59. The highest BCUT2D eigenvalue weighted by molar-refractivity contribution is 6.06. The van der Waals surface area contributed by atoms with E-state index in [2.05, 4.69) is 10.3 Å². The van der Waals surface area contributed by atoms with Crippen molar-refractivity contribution in [1.29, 1.82) is 0 Å². The number of ether oxygens (including phenoxy) is 1. The van der Waals surface area contributed by atoms with E-state index in [0.29, 0.717) is 22.6 Å². The molecule has 2 aromatic rings. The van der Waals surface area contributed by atoms with Gasteiger partial charge in [0.05, 0.1) is 25.5 Å². The van der Waals surface area contributed by atoms with Crippen molar-refractivity contribution >= 4 is 17.8 Å². The summed E-state index contributed by atoms with van der Waals surface area (Å²) >= 11 is 0. The predicted molar refractivity (Wildman–Crippen MR) is 108 cm³/mol. The van der Waals surface area contributed by atoms with Crippen molar-refractivity contribution in [2.24, 2.45) is 0 Å². The maximum Gasteiger partial charge on any atom is 0.355 e. The van der Waals surface area contributed by atoms with Gasteiger partial charge in [-0.2, -0.15) is 0 Å². The van der Waals surface area contributed by atoms with Gasteiger partial charge in [0.2, 0.25) is 0 Å². The second kappa shape index (κ2) is 9.45. The highest BCUT2D eigenvalue weighted by Gasteiger charge is 2.32. The van der Waals surface area contributed by atoms with Gasteiger partial charge >= 0.3 is 12.0 Å². The number of hydrogen-bond acceptors (Lipinski definition) is 5. The summed E-state index contributed by atoms with van der Waals surface area (Å²) in [5.74, 6) is -0.208. The Labute approximate surface area is 170 Å². The molecule has 1 atom stereocenters. The molecule has 1 unspecified atom stereocenters. The SMILES string of the molecule is CCOC(=O)c1[nH]c(C)c(C(=O)C(C)N(Cc2ccco2)C(=O)NC(C)C)c1C. The van der Waals surface area contributed by atoms with E-state index in [0.717, 1.165) is 0 Å². The van der Waals surface area contributed by atoms with E-state index >= 15 is 0 Å². The summed E-state index contributed by atoms with van der Waals surface area (Å²) in [7, 11) is 0. The number of Topliss-reactive ketones (excluding diaryl/α,β-unsaturated/α-hetero) is 1. The van der Waals surface area contributed by atoms with Crippen LogP contribution in [-0.2, 0) is 11.3 Å². The van der Waals surface area contributed by atoms with Crippen LogP contribution in [-0.4, -0.2) is 46.4 Å². The molecule has 2 N–H and O–H groups in total. The molecule has 8 heteroatoms. The van der Waals surface area contributed by atoms with Crippen LogP contribution < -0.4 is 5.32 Å². The summed E-state index contributed by atoms with van der Waals surface area (Å²) in [6.45, 7) is 10.9. The summed E-state index contributed by atoms with van der Waals surface area (Å²) in [5.41, 5.74) is 1.72. The molecule has 2 aromatic heterocycles. The topological polar surface area (TPSA) is 105 Å². The number of H-pyrrole nitrogens is 1. The molecule has 0 saturated carbocycles. The molecule has 0 aromatic carbocycles. The average Bonchev–Trinajstić information content (AvgIpc) is 3.25. The lowest BCUT2D eigenvalue weighted by Gasteiger charge is -2.29. The van der Waals surface area contributed by atoms with Crippen LogP contribution >= 0.6 is 0 Å². The molecule has 0 aliphatic rings. The Balaban J connectivity index is 2.35. The molecule has 8 nitrogen and oxygen atoms in total. The number of nitrogens with zero attached hydrogens (tertiary/aromatic N) is 1. The number of aromatic nitrogens is 1. The standard InChI is InChI=1S/C21H29N3O5/c1-7-28-20(26)18-13(4)17(14(5)23-18)19(25)15(6)24(21(27)22-12(2)3)11-16-9-8-10-29-16/h8-10,12,15,23H,7,11H2,1-6H3,(H,22,27). The largest absolute Gasteiger partial charge is 0.467 e. The molecule has 0 aliphatic carbocycles. The molecule has 0 aliphatic heterocycles. The number of aryl methyl sites for hydroxylation is 1. The fourth-order valence-electron chi connectivity index (χ4n) is 3.16. The quantitative estimate of drug-likeness (QED) is 0.518. The van der Waals surface area contributed by atoms with Crippen LogP contribution in [0.5, 0.6) is 0 Å². The van der Waals surface area contributed by atoms with Crippen molar-refractivity contribution in [3.63, 3.8) is 0 Å². The minimum Gasteiger partial charge on any atom is -0.467 e. The first-order valence-corrected chi connectivity index (χ1v) is 9.67. The van der Waals surface area contributed by atoms with Gasteiger partial charge in [0.25, 0.3) is 0 Å². The van der Waals surface area contributed by atoms with E-state index in [4.69, 9.17) is 9.15 Å². The second-order valence-electron chi connectivity index (χ2n) is 7.20. The molecule has 2 heterocycles. The van der Waals surface area contributed by atoms with E-state index in [-0.39, 0.29) is 36.7 Å². The van der Waals surface area contributed by atoms with Gasteiger partial charge in [-0.3, -0.25) is 4.79 Å². The first kappa shape index (κ1) is 22.3. The fourth-order valence-corrected chi connectivity index (χ4v) is 3.16. The Morgan fingerprint density at radius 1 is 1.24 bits per heavy atom. The van der Waals surface area contributed by atoms with Gasteiger partial charge in [0.15, 0.2) is 5.78 Å². The van der Waals surface area contributed by atoms with Crippen LogP contribution in [0.2, 0.25) is 0 Å². The van der Waals surface area contributed by atoms with Crippen LogP contribution in [0.4, 0.5) is 4.79 Å². The van der Waals surface area contributed by atoms with Crippen LogP contribution in [0.15, 0.2) is 22.8 Å². The number of furan rings is 1. The molecule has 0 bridgehead atoms. The Kier molecular flexibility index (Phi) is 7.25. The van der Waals surface area contributed by atoms with Crippen LogP contribution in [0.25, 0.3) is 0 Å².